The molecule has 0 aliphatic heterocycles. The fourth-order valence-corrected chi connectivity index (χ4v) is 3.65. The molecule has 2 aromatic carbocycles. The van der Waals surface area contributed by atoms with Gasteiger partial charge in [-0.15, -0.1) is 10.2 Å². The number of rotatable bonds is 8. The number of benzene rings is 2. The van der Waals surface area contributed by atoms with E-state index in [0.29, 0.717) is 29.0 Å². The number of nitro benzene ring substituents is 1. The van der Waals surface area contributed by atoms with Crippen molar-refractivity contribution in [3.8, 4) is 11.6 Å². The molecule has 0 aliphatic rings. The van der Waals surface area contributed by atoms with Crippen LogP contribution in [0.1, 0.15) is 5.56 Å². The number of nitro groups is 1. The summed E-state index contributed by atoms with van der Waals surface area (Å²) in [5.41, 5.74) is 1.33. The lowest BCUT2D eigenvalue weighted by atomic mass is 10.2. The largest absolute Gasteiger partial charge is 0.461 e. The molecule has 4 aromatic rings. The van der Waals surface area contributed by atoms with Crippen molar-refractivity contribution in [2.24, 2.45) is 0 Å². The van der Waals surface area contributed by atoms with Gasteiger partial charge in [0, 0.05) is 17.8 Å². The van der Waals surface area contributed by atoms with Crippen LogP contribution in [0, 0.1) is 10.1 Å². The summed E-state index contributed by atoms with van der Waals surface area (Å²) in [5, 5.41) is 22.6. The van der Waals surface area contributed by atoms with Crippen LogP contribution in [-0.2, 0) is 11.3 Å². The van der Waals surface area contributed by atoms with Gasteiger partial charge in [-0.3, -0.25) is 19.5 Å². The van der Waals surface area contributed by atoms with Gasteiger partial charge < -0.3 is 9.73 Å². The maximum atomic E-state index is 12.4. The first-order chi connectivity index (χ1) is 15.1. The highest BCUT2D eigenvalue weighted by molar-refractivity contribution is 7.99. The van der Waals surface area contributed by atoms with Gasteiger partial charge in [-0.25, -0.2) is 0 Å². The molecule has 0 radical (unpaired) electrons. The lowest BCUT2D eigenvalue weighted by Gasteiger charge is -2.09. The van der Waals surface area contributed by atoms with Crippen LogP contribution >= 0.6 is 11.8 Å². The molecule has 156 valence electrons. The summed E-state index contributed by atoms with van der Waals surface area (Å²) in [6.45, 7) is 0.513. The van der Waals surface area contributed by atoms with Gasteiger partial charge in [-0.1, -0.05) is 48.2 Å². The standard InChI is InChI=1S/C21H17N5O4S/c27-19(22-16-8-4-9-17(12-16)26(28)29)14-31-21-24-23-20(18-10-5-11-30-18)25(21)13-15-6-2-1-3-7-15/h1-12H,13-14H2,(H,22,27). The lowest BCUT2D eigenvalue weighted by molar-refractivity contribution is -0.384. The Morgan fingerprint density at radius 1 is 1.10 bits per heavy atom. The summed E-state index contributed by atoms with van der Waals surface area (Å²) >= 11 is 1.22. The van der Waals surface area contributed by atoms with Crippen molar-refractivity contribution >= 4 is 29.0 Å². The molecule has 0 atom stereocenters. The van der Waals surface area contributed by atoms with Crippen LogP contribution in [0.15, 0.2) is 82.6 Å². The Morgan fingerprint density at radius 3 is 2.68 bits per heavy atom. The number of hydrogen-bond acceptors (Lipinski definition) is 7. The molecule has 0 aliphatic carbocycles. The number of anilines is 1. The zero-order valence-electron chi connectivity index (χ0n) is 16.2. The van der Waals surface area contributed by atoms with Gasteiger partial charge in [0.05, 0.1) is 23.5 Å². The van der Waals surface area contributed by atoms with E-state index in [9.17, 15) is 14.9 Å². The molecule has 4 rings (SSSR count). The van der Waals surface area contributed by atoms with Crippen molar-refractivity contribution < 1.29 is 14.1 Å². The first-order valence-electron chi connectivity index (χ1n) is 9.28. The van der Waals surface area contributed by atoms with E-state index in [1.54, 1.807) is 24.5 Å². The second kappa shape index (κ2) is 9.26. The van der Waals surface area contributed by atoms with E-state index in [-0.39, 0.29) is 17.3 Å². The smallest absolute Gasteiger partial charge is 0.271 e. The Labute approximate surface area is 181 Å². The minimum atomic E-state index is -0.507. The van der Waals surface area contributed by atoms with Gasteiger partial charge in [-0.2, -0.15) is 0 Å². The van der Waals surface area contributed by atoms with Gasteiger partial charge in [-0.05, 0) is 23.8 Å². The number of thioether (sulfide) groups is 1. The van der Waals surface area contributed by atoms with E-state index in [2.05, 4.69) is 15.5 Å². The van der Waals surface area contributed by atoms with Crippen LogP contribution < -0.4 is 5.32 Å². The summed E-state index contributed by atoms with van der Waals surface area (Å²) in [4.78, 5) is 22.8. The SMILES string of the molecule is O=C(CSc1nnc(-c2ccco2)n1Cc1ccccc1)Nc1cccc([N+](=O)[O-])c1. The van der Waals surface area contributed by atoms with Crippen molar-refractivity contribution in [3.05, 3.63) is 88.7 Å². The maximum absolute atomic E-state index is 12.4. The third kappa shape index (κ3) is 4.98. The number of non-ortho nitro benzene ring substituents is 1. The predicted octanol–water partition coefficient (Wildman–Crippen LogP) is 4.23. The van der Waals surface area contributed by atoms with E-state index in [4.69, 9.17) is 4.42 Å². The van der Waals surface area contributed by atoms with E-state index in [0.717, 1.165) is 5.56 Å². The highest BCUT2D eigenvalue weighted by Crippen LogP contribution is 2.26. The first-order valence-corrected chi connectivity index (χ1v) is 10.3. The summed E-state index contributed by atoms with van der Waals surface area (Å²) < 4.78 is 7.37. The minimum Gasteiger partial charge on any atom is -0.461 e. The Bertz CT molecular complexity index is 1190. The molecule has 2 heterocycles. The van der Waals surface area contributed by atoms with Crippen LogP contribution in [0.2, 0.25) is 0 Å². The van der Waals surface area contributed by atoms with Crippen molar-refractivity contribution in [3.63, 3.8) is 0 Å². The quantitative estimate of drug-likeness (QED) is 0.250. The zero-order chi connectivity index (χ0) is 21.6. The number of furan rings is 1. The average Bonchev–Trinajstić information content (AvgIpc) is 3.43. The molecular formula is C21H17N5O4S. The highest BCUT2D eigenvalue weighted by Gasteiger charge is 2.18. The molecule has 0 fully saturated rings. The fourth-order valence-electron chi connectivity index (χ4n) is 2.92. The molecule has 0 bridgehead atoms. The Balaban J connectivity index is 1.49. The Morgan fingerprint density at radius 2 is 1.94 bits per heavy atom. The topological polar surface area (TPSA) is 116 Å². The van der Waals surface area contributed by atoms with Crippen LogP contribution in [0.25, 0.3) is 11.6 Å². The monoisotopic (exact) mass is 435 g/mol. The first kappa shape index (κ1) is 20.4. The molecule has 10 heteroatoms. The number of nitrogens with zero attached hydrogens (tertiary/aromatic N) is 4. The summed E-state index contributed by atoms with van der Waals surface area (Å²) in [6, 6.07) is 19.2. The molecule has 0 unspecified atom stereocenters. The third-order valence-corrected chi connectivity index (χ3v) is 5.28. The molecule has 31 heavy (non-hydrogen) atoms. The van der Waals surface area contributed by atoms with E-state index in [1.807, 2.05) is 34.9 Å². The van der Waals surface area contributed by atoms with E-state index < -0.39 is 4.92 Å². The summed E-state index contributed by atoms with van der Waals surface area (Å²) in [6.07, 6.45) is 1.57. The van der Waals surface area contributed by atoms with Gasteiger partial charge in [0.25, 0.3) is 5.69 Å². The number of carbonyl (C=O) groups is 1. The van der Waals surface area contributed by atoms with Crippen molar-refractivity contribution in [1.29, 1.82) is 0 Å². The molecule has 2 aromatic heterocycles. The van der Waals surface area contributed by atoms with E-state index >= 15 is 0 Å². The molecule has 1 N–H and O–H groups in total. The molecule has 0 spiro atoms. The predicted molar refractivity (Wildman–Crippen MR) is 116 cm³/mol. The molecule has 1 amide bonds. The van der Waals surface area contributed by atoms with Crippen molar-refractivity contribution in [2.45, 2.75) is 11.7 Å². The third-order valence-electron chi connectivity index (χ3n) is 4.32. The summed E-state index contributed by atoms with van der Waals surface area (Å²) in [5.74, 6) is 0.902. The van der Waals surface area contributed by atoms with Crippen LogP contribution in [0.3, 0.4) is 0 Å². The number of hydrogen-bond donors (Lipinski definition) is 1. The lowest BCUT2D eigenvalue weighted by Crippen LogP contribution is -2.15. The molecular weight excluding hydrogens is 418 g/mol. The maximum Gasteiger partial charge on any atom is 0.271 e. The van der Waals surface area contributed by atoms with Gasteiger partial charge in [0.1, 0.15) is 0 Å². The van der Waals surface area contributed by atoms with Crippen molar-refractivity contribution in [1.82, 2.24) is 14.8 Å². The molecule has 0 saturated heterocycles. The average molecular weight is 435 g/mol. The second-order valence-corrected chi connectivity index (χ2v) is 7.44. The van der Waals surface area contributed by atoms with Gasteiger partial charge in [0.2, 0.25) is 11.7 Å². The highest BCUT2D eigenvalue weighted by atomic mass is 32.2. The Kier molecular flexibility index (Phi) is 6.08. The Hall–Kier alpha value is -3.92. The van der Waals surface area contributed by atoms with E-state index in [1.165, 1.54) is 30.0 Å². The number of amides is 1. The van der Waals surface area contributed by atoms with Crippen LogP contribution in [0.4, 0.5) is 11.4 Å². The minimum absolute atomic E-state index is 0.0633. The zero-order valence-corrected chi connectivity index (χ0v) is 17.0. The van der Waals surface area contributed by atoms with Gasteiger partial charge >= 0.3 is 0 Å². The van der Waals surface area contributed by atoms with Crippen molar-refractivity contribution in [2.75, 3.05) is 11.1 Å². The fraction of sp³-hybridized carbons (Fsp3) is 0.0952. The number of carbonyl (C=O) groups excluding carboxylic acids is 1. The normalized spacial score (nSPS) is 10.7. The number of aromatic nitrogens is 3. The number of nitrogens with one attached hydrogen (secondary N) is 1. The molecule has 0 saturated carbocycles. The summed E-state index contributed by atoms with van der Waals surface area (Å²) in [7, 11) is 0. The second-order valence-electron chi connectivity index (χ2n) is 6.50. The van der Waals surface area contributed by atoms with Gasteiger partial charge in [0.15, 0.2) is 10.9 Å². The molecule has 9 nitrogen and oxygen atoms in total. The van der Waals surface area contributed by atoms with Crippen LogP contribution in [0.5, 0.6) is 0 Å². The van der Waals surface area contributed by atoms with Crippen LogP contribution in [-0.4, -0.2) is 31.3 Å².